The fourth-order valence-electron chi connectivity index (χ4n) is 1.28. The zero-order valence-corrected chi connectivity index (χ0v) is 8.25. The van der Waals surface area contributed by atoms with E-state index in [4.69, 9.17) is 16.3 Å². The van der Waals surface area contributed by atoms with Crippen molar-refractivity contribution in [3.8, 4) is 11.5 Å². The van der Waals surface area contributed by atoms with E-state index >= 15 is 0 Å². The van der Waals surface area contributed by atoms with E-state index in [0.717, 1.165) is 5.39 Å². The van der Waals surface area contributed by atoms with Crippen LogP contribution in [0.25, 0.3) is 10.9 Å². The molecule has 1 aromatic carbocycles. The Balaban J connectivity index is 2.76. The third-order valence-corrected chi connectivity index (χ3v) is 2.16. The molecule has 0 aliphatic rings. The molecule has 0 aliphatic carbocycles. The van der Waals surface area contributed by atoms with Gasteiger partial charge in [0.15, 0.2) is 0 Å². The summed E-state index contributed by atoms with van der Waals surface area (Å²) in [6, 6.07) is 6.75. The third-order valence-electron chi connectivity index (χ3n) is 1.95. The standard InChI is InChI=1S/C10H8ClNO2/c1-14-7-4-6-2-3-9(11)12-10(6)8(13)5-7/h2-5,13H,1H3. The van der Waals surface area contributed by atoms with Crippen molar-refractivity contribution in [1.29, 1.82) is 0 Å². The second-order valence-electron chi connectivity index (χ2n) is 2.85. The molecular weight excluding hydrogens is 202 g/mol. The van der Waals surface area contributed by atoms with Crippen LogP contribution in [0.5, 0.6) is 11.5 Å². The van der Waals surface area contributed by atoms with Gasteiger partial charge in [-0.05, 0) is 18.2 Å². The van der Waals surface area contributed by atoms with Crippen molar-refractivity contribution in [1.82, 2.24) is 4.98 Å². The van der Waals surface area contributed by atoms with Crippen molar-refractivity contribution in [3.63, 3.8) is 0 Å². The average Bonchev–Trinajstić information content (AvgIpc) is 2.19. The lowest BCUT2D eigenvalue weighted by Crippen LogP contribution is -1.85. The van der Waals surface area contributed by atoms with Gasteiger partial charge in [-0.3, -0.25) is 0 Å². The van der Waals surface area contributed by atoms with Crippen molar-refractivity contribution < 1.29 is 9.84 Å². The van der Waals surface area contributed by atoms with E-state index in [0.29, 0.717) is 16.4 Å². The summed E-state index contributed by atoms with van der Waals surface area (Å²) in [6.45, 7) is 0. The van der Waals surface area contributed by atoms with Crippen LogP contribution in [0.3, 0.4) is 0 Å². The third kappa shape index (κ3) is 1.46. The zero-order valence-electron chi connectivity index (χ0n) is 7.49. The fraction of sp³-hybridized carbons (Fsp3) is 0.100. The van der Waals surface area contributed by atoms with Gasteiger partial charge in [-0.2, -0.15) is 0 Å². The molecule has 14 heavy (non-hydrogen) atoms. The second kappa shape index (κ2) is 3.35. The minimum atomic E-state index is 0.0712. The lowest BCUT2D eigenvalue weighted by atomic mass is 10.2. The first-order chi connectivity index (χ1) is 6.70. The van der Waals surface area contributed by atoms with Gasteiger partial charge in [-0.25, -0.2) is 4.98 Å². The highest BCUT2D eigenvalue weighted by Gasteiger charge is 2.04. The summed E-state index contributed by atoms with van der Waals surface area (Å²) in [7, 11) is 1.55. The SMILES string of the molecule is COc1cc(O)c2nc(Cl)ccc2c1. The molecule has 0 spiro atoms. The fourth-order valence-corrected chi connectivity index (χ4v) is 1.43. The van der Waals surface area contributed by atoms with Crippen LogP contribution in [0.2, 0.25) is 5.15 Å². The molecule has 0 atom stereocenters. The molecule has 3 nitrogen and oxygen atoms in total. The highest BCUT2D eigenvalue weighted by molar-refractivity contribution is 6.29. The van der Waals surface area contributed by atoms with Crippen LogP contribution in [0, 0.1) is 0 Å². The largest absolute Gasteiger partial charge is 0.506 e. The maximum Gasteiger partial charge on any atom is 0.145 e. The summed E-state index contributed by atoms with van der Waals surface area (Å²) < 4.78 is 5.01. The van der Waals surface area contributed by atoms with Gasteiger partial charge >= 0.3 is 0 Å². The van der Waals surface area contributed by atoms with Gasteiger partial charge in [0.1, 0.15) is 22.2 Å². The topological polar surface area (TPSA) is 42.4 Å². The zero-order chi connectivity index (χ0) is 10.1. The van der Waals surface area contributed by atoms with Crippen molar-refractivity contribution in [3.05, 3.63) is 29.4 Å². The van der Waals surface area contributed by atoms with Gasteiger partial charge < -0.3 is 9.84 Å². The van der Waals surface area contributed by atoms with Gasteiger partial charge in [-0.1, -0.05) is 11.6 Å². The molecule has 0 saturated heterocycles. The summed E-state index contributed by atoms with van der Waals surface area (Å²) in [5.41, 5.74) is 0.485. The van der Waals surface area contributed by atoms with E-state index in [-0.39, 0.29) is 5.75 Å². The number of pyridine rings is 1. The summed E-state index contributed by atoms with van der Waals surface area (Å²) >= 11 is 5.71. The number of benzene rings is 1. The first-order valence-electron chi connectivity index (χ1n) is 4.04. The Morgan fingerprint density at radius 2 is 2.14 bits per heavy atom. The lowest BCUT2D eigenvalue weighted by Gasteiger charge is -2.04. The van der Waals surface area contributed by atoms with E-state index in [1.54, 1.807) is 25.3 Å². The van der Waals surface area contributed by atoms with Crippen LogP contribution < -0.4 is 4.74 Å². The number of methoxy groups -OCH3 is 1. The number of aromatic nitrogens is 1. The smallest absolute Gasteiger partial charge is 0.145 e. The molecule has 4 heteroatoms. The molecule has 1 N–H and O–H groups in total. The molecule has 0 radical (unpaired) electrons. The molecule has 1 aromatic heterocycles. The highest BCUT2D eigenvalue weighted by atomic mass is 35.5. The Morgan fingerprint density at radius 3 is 2.86 bits per heavy atom. The van der Waals surface area contributed by atoms with Crippen LogP contribution >= 0.6 is 11.6 Å². The Kier molecular flexibility index (Phi) is 2.17. The maximum atomic E-state index is 9.61. The average molecular weight is 210 g/mol. The van der Waals surface area contributed by atoms with Crippen LogP contribution in [-0.2, 0) is 0 Å². The summed E-state index contributed by atoms with van der Waals surface area (Å²) in [5, 5.41) is 10.8. The number of aromatic hydroxyl groups is 1. The molecule has 0 saturated carbocycles. The lowest BCUT2D eigenvalue weighted by molar-refractivity contribution is 0.409. The highest BCUT2D eigenvalue weighted by Crippen LogP contribution is 2.29. The number of fused-ring (bicyclic) bond motifs is 1. The van der Waals surface area contributed by atoms with E-state index in [1.165, 1.54) is 6.07 Å². The van der Waals surface area contributed by atoms with E-state index in [2.05, 4.69) is 4.98 Å². The molecule has 0 amide bonds. The van der Waals surface area contributed by atoms with Crippen LogP contribution in [0.1, 0.15) is 0 Å². The molecule has 1 heterocycles. The van der Waals surface area contributed by atoms with Crippen molar-refractivity contribution in [2.45, 2.75) is 0 Å². The minimum absolute atomic E-state index is 0.0712. The number of phenolic OH excluding ortho intramolecular Hbond substituents is 1. The van der Waals surface area contributed by atoms with E-state index < -0.39 is 0 Å². The van der Waals surface area contributed by atoms with Crippen LogP contribution in [0.4, 0.5) is 0 Å². The predicted octanol–water partition coefficient (Wildman–Crippen LogP) is 2.60. The number of halogens is 1. The molecule has 0 aliphatic heterocycles. The number of hydrogen-bond acceptors (Lipinski definition) is 3. The number of rotatable bonds is 1. The van der Waals surface area contributed by atoms with Crippen LogP contribution in [0.15, 0.2) is 24.3 Å². The van der Waals surface area contributed by atoms with Crippen molar-refractivity contribution in [2.24, 2.45) is 0 Å². The summed E-state index contributed by atoms with van der Waals surface area (Å²) in [4.78, 5) is 4.01. The number of phenols is 1. The van der Waals surface area contributed by atoms with E-state index in [9.17, 15) is 5.11 Å². The van der Waals surface area contributed by atoms with Gasteiger partial charge in [0.25, 0.3) is 0 Å². The van der Waals surface area contributed by atoms with Crippen molar-refractivity contribution >= 4 is 22.5 Å². The normalized spacial score (nSPS) is 10.4. The van der Waals surface area contributed by atoms with E-state index in [1.807, 2.05) is 0 Å². The molecule has 0 unspecified atom stereocenters. The molecule has 2 rings (SSSR count). The number of ether oxygens (including phenoxy) is 1. The number of hydrogen-bond donors (Lipinski definition) is 1. The van der Waals surface area contributed by atoms with Gasteiger partial charge in [0, 0.05) is 11.5 Å². The number of nitrogens with zero attached hydrogens (tertiary/aromatic N) is 1. The second-order valence-corrected chi connectivity index (χ2v) is 3.24. The maximum absolute atomic E-state index is 9.61. The Morgan fingerprint density at radius 1 is 1.36 bits per heavy atom. The molecule has 72 valence electrons. The molecular formula is C10H8ClNO2. The monoisotopic (exact) mass is 209 g/mol. The molecule has 0 fully saturated rings. The first kappa shape index (κ1) is 9.09. The van der Waals surface area contributed by atoms with Gasteiger partial charge in [-0.15, -0.1) is 0 Å². The first-order valence-corrected chi connectivity index (χ1v) is 4.42. The van der Waals surface area contributed by atoms with Gasteiger partial charge in [0.05, 0.1) is 7.11 Å². The minimum Gasteiger partial charge on any atom is -0.506 e. The quantitative estimate of drug-likeness (QED) is 0.735. The molecule has 0 bridgehead atoms. The Hall–Kier alpha value is -1.48. The van der Waals surface area contributed by atoms with Gasteiger partial charge in [0.2, 0.25) is 0 Å². The van der Waals surface area contributed by atoms with Crippen molar-refractivity contribution in [2.75, 3.05) is 7.11 Å². The Labute approximate surface area is 85.9 Å². The Bertz CT molecular complexity index is 485. The summed E-state index contributed by atoms with van der Waals surface area (Å²) in [5.74, 6) is 0.668. The summed E-state index contributed by atoms with van der Waals surface area (Å²) in [6.07, 6.45) is 0. The predicted molar refractivity (Wildman–Crippen MR) is 55.0 cm³/mol. The molecule has 2 aromatic rings. The van der Waals surface area contributed by atoms with Crippen LogP contribution in [-0.4, -0.2) is 17.2 Å².